The van der Waals surface area contributed by atoms with Gasteiger partial charge >= 0.3 is 0 Å². The summed E-state index contributed by atoms with van der Waals surface area (Å²) in [6.45, 7) is 1.58. The Bertz CT molecular complexity index is 1180. The van der Waals surface area contributed by atoms with Crippen molar-refractivity contribution in [1.29, 1.82) is 0 Å². The molecule has 3 heterocycles. The van der Waals surface area contributed by atoms with Gasteiger partial charge in [0.05, 0.1) is 23.1 Å². The smallest absolute Gasteiger partial charge is 0.206 e. The molecule has 2 aromatic heterocycles. The van der Waals surface area contributed by atoms with Crippen molar-refractivity contribution in [2.75, 3.05) is 24.2 Å². The number of aromatic nitrogens is 3. The minimum absolute atomic E-state index is 0.0744. The standard InChI is InChI=1S/C23H22N4O2S2/c28-19(14-30-23-27-26-22(31-23)24-13-16-9-6-12-29-16)20-17-10-4-5-11-18(17)25-21(20)15-7-2-1-3-8-15/h1-5,7-8,10-11,16,25H,6,9,12-14H2,(H,24,26). The number of benzene rings is 2. The Morgan fingerprint density at radius 1 is 1.16 bits per heavy atom. The molecule has 0 saturated carbocycles. The van der Waals surface area contributed by atoms with Gasteiger partial charge in [0.2, 0.25) is 5.13 Å². The van der Waals surface area contributed by atoms with E-state index in [-0.39, 0.29) is 11.9 Å². The summed E-state index contributed by atoms with van der Waals surface area (Å²) < 4.78 is 6.41. The van der Waals surface area contributed by atoms with Gasteiger partial charge in [-0.15, -0.1) is 10.2 Å². The van der Waals surface area contributed by atoms with Gasteiger partial charge in [-0.05, 0) is 24.5 Å². The molecule has 158 valence electrons. The van der Waals surface area contributed by atoms with Crippen LogP contribution >= 0.6 is 23.1 Å². The molecular formula is C23H22N4O2S2. The predicted molar refractivity (Wildman–Crippen MR) is 126 cm³/mol. The lowest BCUT2D eigenvalue weighted by molar-refractivity contribution is 0.102. The van der Waals surface area contributed by atoms with Crippen LogP contribution in [-0.4, -0.2) is 46.0 Å². The van der Waals surface area contributed by atoms with E-state index in [4.69, 9.17) is 4.74 Å². The molecule has 0 spiro atoms. The fourth-order valence-electron chi connectivity index (χ4n) is 3.80. The summed E-state index contributed by atoms with van der Waals surface area (Å²) in [5.74, 6) is 0.382. The molecule has 31 heavy (non-hydrogen) atoms. The molecule has 1 fully saturated rings. The van der Waals surface area contributed by atoms with Crippen LogP contribution in [0.1, 0.15) is 23.2 Å². The maximum absolute atomic E-state index is 13.3. The van der Waals surface area contributed by atoms with Crippen LogP contribution in [0.2, 0.25) is 0 Å². The molecule has 1 unspecified atom stereocenters. The number of aromatic amines is 1. The lowest BCUT2D eigenvalue weighted by Gasteiger charge is -2.08. The highest BCUT2D eigenvalue weighted by atomic mass is 32.2. The first-order chi connectivity index (χ1) is 15.3. The number of carbonyl (C=O) groups is 1. The van der Waals surface area contributed by atoms with Crippen LogP contribution < -0.4 is 5.32 Å². The number of ketones is 1. The summed E-state index contributed by atoms with van der Waals surface area (Å²) >= 11 is 2.90. The number of para-hydroxylation sites is 1. The minimum atomic E-state index is 0.0744. The van der Waals surface area contributed by atoms with E-state index >= 15 is 0 Å². The maximum Gasteiger partial charge on any atom is 0.206 e. The van der Waals surface area contributed by atoms with Crippen molar-refractivity contribution in [2.45, 2.75) is 23.3 Å². The van der Waals surface area contributed by atoms with Gasteiger partial charge in [0.1, 0.15) is 0 Å². The second-order valence-electron chi connectivity index (χ2n) is 7.39. The Labute approximate surface area is 188 Å². The molecule has 1 saturated heterocycles. The Kier molecular flexibility index (Phi) is 6.01. The Balaban J connectivity index is 1.31. The minimum Gasteiger partial charge on any atom is -0.376 e. The molecule has 0 amide bonds. The Hall–Kier alpha value is -2.68. The first-order valence-electron chi connectivity index (χ1n) is 10.3. The van der Waals surface area contributed by atoms with Crippen LogP contribution in [0.15, 0.2) is 58.9 Å². The van der Waals surface area contributed by atoms with Crippen LogP contribution in [0, 0.1) is 0 Å². The lowest BCUT2D eigenvalue weighted by Crippen LogP contribution is -2.18. The number of nitrogens with zero attached hydrogens (tertiary/aromatic N) is 2. The highest BCUT2D eigenvalue weighted by molar-refractivity contribution is 8.01. The van der Waals surface area contributed by atoms with Crippen LogP contribution in [0.5, 0.6) is 0 Å². The number of Topliss-reactive ketones (excluding diaryl/α,β-unsaturated/α-hetero) is 1. The Morgan fingerprint density at radius 3 is 2.84 bits per heavy atom. The number of hydrogen-bond donors (Lipinski definition) is 2. The third-order valence-corrected chi connectivity index (χ3v) is 7.30. The summed E-state index contributed by atoms with van der Waals surface area (Å²) in [4.78, 5) is 16.7. The molecule has 5 rings (SSSR count). The van der Waals surface area contributed by atoms with Gasteiger partial charge in [-0.2, -0.15) is 0 Å². The van der Waals surface area contributed by atoms with Crippen LogP contribution in [-0.2, 0) is 4.74 Å². The van der Waals surface area contributed by atoms with E-state index in [2.05, 4.69) is 20.5 Å². The number of thioether (sulfide) groups is 1. The number of carbonyl (C=O) groups excluding carboxylic acids is 1. The van der Waals surface area contributed by atoms with E-state index < -0.39 is 0 Å². The molecule has 2 N–H and O–H groups in total. The van der Waals surface area contributed by atoms with Gasteiger partial charge < -0.3 is 15.0 Å². The van der Waals surface area contributed by atoms with Gasteiger partial charge in [0.15, 0.2) is 10.1 Å². The van der Waals surface area contributed by atoms with Crippen molar-refractivity contribution < 1.29 is 9.53 Å². The van der Waals surface area contributed by atoms with Crippen LogP contribution in [0.4, 0.5) is 5.13 Å². The summed E-state index contributed by atoms with van der Waals surface area (Å²) in [7, 11) is 0. The second kappa shape index (κ2) is 9.21. The number of fused-ring (bicyclic) bond motifs is 1. The summed E-state index contributed by atoms with van der Waals surface area (Å²) in [6.07, 6.45) is 2.45. The second-order valence-corrected chi connectivity index (χ2v) is 9.59. The van der Waals surface area contributed by atoms with Crippen molar-refractivity contribution in [3.63, 3.8) is 0 Å². The number of H-pyrrole nitrogens is 1. The van der Waals surface area contributed by atoms with Crippen molar-refractivity contribution in [1.82, 2.24) is 15.2 Å². The van der Waals surface area contributed by atoms with Crippen molar-refractivity contribution >= 4 is 44.9 Å². The van der Waals surface area contributed by atoms with E-state index in [1.807, 2.05) is 54.6 Å². The monoisotopic (exact) mass is 450 g/mol. The molecule has 1 aliphatic rings. The number of ether oxygens (including phenoxy) is 1. The van der Waals surface area contributed by atoms with Crippen molar-refractivity contribution in [3.8, 4) is 11.3 Å². The van der Waals surface area contributed by atoms with E-state index in [1.165, 1.54) is 23.1 Å². The number of hydrogen-bond acceptors (Lipinski definition) is 7. The van der Waals surface area contributed by atoms with Gasteiger partial charge in [-0.3, -0.25) is 4.79 Å². The van der Waals surface area contributed by atoms with Crippen LogP contribution in [0.25, 0.3) is 22.2 Å². The average molecular weight is 451 g/mol. The summed E-state index contributed by atoms with van der Waals surface area (Å²) in [5.41, 5.74) is 3.56. The van der Waals surface area contributed by atoms with Gasteiger partial charge in [-0.25, -0.2) is 0 Å². The molecule has 8 heteroatoms. The number of anilines is 1. The van der Waals surface area contributed by atoms with E-state index in [9.17, 15) is 4.79 Å². The molecule has 6 nitrogen and oxygen atoms in total. The van der Waals surface area contributed by atoms with Gasteiger partial charge in [0, 0.05) is 24.1 Å². The first-order valence-corrected chi connectivity index (χ1v) is 12.1. The fourth-order valence-corrected chi connectivity index (χ4v) is 5.43. The molecule has 1 atom stereocenters. The summed E-state index contributed by atoms with van der Waals surface area (Å²) in [6, 6.07) is 17.9. The molecule has 4 aromatic rings. The van der Waals surface area contributed by atoms with Gasteiger partial charge in [-0.1, -0.05) is 71.6 Å². The lowest BCUT2D eigenvalue weighted by atomic mass is 10.0. The highest BCUT2D eigenvalue weighted by Crippen LogP contribution is 2.33. The molecule has 2 aromatic carbocycles. The van der Waals surface area contributed by atoms with Crippen LogP contribution in [0.3, 0.4) is 0 Å². The topological polar surface area (TPSA) is 79.9 Å². The van der Waals surface area contributed by atoms with E-state index in [0.29, 0.717) is 5.75 Å². The van der Waals surface area contributed by atoms with E-state index in [0.717, 1.165) is 63.2 Å². The van der Waals surface area contributed by atoms with Crippen molar-refractivity contribution in [2.24, 2.45) is 0 Å². The predicted octanol–water partition coefficient (Wildman–Crippen LogP) is 5.25. The third kappa shape index (κ3) is 4.51. The summed E-state index contributed by atoms with van der Waals surface area (Å²) in [5, 5.41) is 13.4. The normalized spacial score (nSPS) is 16.1. The average Bonchev–Trinajstić information content (AvgIpc) is 3.56. The fraction of sp³-hybridized carbons (Fsp3) is 0.261. The number of rotatable bonds is 8. The van der Waals surface area contributed by atoms with E-state index in [1.54, 1.807) is 0 Å². The molecule has 1 aliphatic heterocycles. The Morgan fingerprint density at radius 2 is 2.00 bits per heavy atom. The first kappa shape index (κ1) is 20.2. The largest absolute Gasteiger partial charge is 0.376 e. The zero-order valence-corrected chi connectivity index (χ0v) is 18.5. The molecule has 0 aliphatic carbocycles. The van der Waals surface area contributed by atoms with Crippen molar-refractivity contribution in [3.05, 3.63) is 60.2 Å². The van der Waals surface area contributed by atoms with Gasteiger partial charge in [0.25, 0.3) is 0 Å². The third-order valence-electron chi connectivity index (χ3n) is 5.29. The zero-order valence-electron chi connectivity index (χ0n) is 16.8. The molecular weight excluding hydrogens is 428 g/mol. The molecule has 0 bridgehead atoms. The quantitative estimate of drug-likeness (QED) is 0.282. The highest BCUT2D eigenvalue weighted by Gasteiger charge is 2.20. The maximum atomic E-state index is 13.3. The molecule has 0 radical (unpaired) electrons. The zero-order chi connectivity index (χ0) is 21.0. The SMILES string of the molecule is O=C(CSc1nnc(NCC2CCCO2)s1)c1c(-c2ccccc2)[nH]c2ccccc12. The number of nitrogens with one attached hydrogen (secondary N) is 2.